The van der Waals surface area contributed by atoms with Gasteiger partial charge in [-0.15, -0.1) is 0 Å². The van der Waals surface area contributed by atoms with Gasteiger partial charge < -0.3 is 4.55 Å². The zero-order chi connectivity index (χ0) is 31.1. The van der Waals surface area contributed by atoms with Crippen LogP contribution in [0, 0.1) is 0 Å². The SMILES string of the molecule is CCC(CC)c1cccc(C(CC)CC)c1[N+]1=CN(c2c(C(C)C)cccc2C(C)C)CC1.O=S(=O)([O-])C(F)(F)F. The van der Waals surface area contributed by atoms with Gasteiger partial charge in [-0.2, -0.15) is 13.2 Å². The molecule has 3 rings (SSSR count). The number of alkyl halides is 3. The molecule has 5 nitrogen and oxygen atoms in total. The molecule has 0 saturated carbocycles. The Labute approximate surface area is 245 Å². The first kappa shape index (κ1) is 34.8. The predicted molar refractivity (Wildman–Crippen MR) is 162 cm³/mol. The number of rotatable bonds is 10. The van der Waals surface area contributed by atoms with Crippen molar-refractivity contribution in [2.24, 2.45) is 0 Å². The van der Waals surface area contributed by atoms with Gasteiger partial charge in [-0.05, 0) is 49.4 Å². The van der Waals surface area contributed by atoms with Crippen molar-refractivity contribution in [3.63, 3.8) is 0 Å². The van der Waals surface area contributed by atoms with Crippen molar-refractivity contribution in [3.8, 4) is 0 Å². The normalized spacial score (nSPS) is 14.2. The molecule has 0 saturated heterocycles. The van der Waals surface area contributed by atoms with Gasteiger partial charge in [0.15, 0.2) is 10.1 Å². The third-order valence-corrected chi connectivity index (χ3v) is 8.58. The average Bonchev–Trinajstić information content (AvgIpc) is 3.38. The van der Waals surface area contributed by atoms with E-state index in [1.54, 1.807) is 11.1 Å². The minimum Gasteiger partial charge on any atom is -0.741 e. The Morgan fingerprint density at radius 2 is 1.17 bits per heavy atom. The third-order valence-electron chi connectivity index (χ3n) is 8.01. The maximum absolute atomic E-state index is 10.7. The van der Waals surface area contributed by atoms with Crippen LogP contribution in [0.1, 0.15) is 127 Å². The van der Waals surface area contributed by atoms with Crippen molar-refractivity contribution in [1.29, 1.82) is 0 Å². The Balaban J connectivity index is 0.000000642. The lowest BCUT2D eigenvalue weighted by atomic mass is 9.85. The highest BCUT2D eigenvalue weighted by Gasteiger charge is 2.37. The standard InChI is InChI=1S/C31H47N2.CHF3O3S/c1-9-24(10-2)28-17-14-18-29(25(11-3)12-4)31(28)33-20-19-32(21-33)30-26(22(5)6)15-13-16-27(30)23(7)8;2-1(3,4)8(5,6)7/h13-18,21-25H,9-12,19-20H2,1-8H3;(H,5,6,7)/q+1;/p-1. The topological polar surface area (TPSA) is 63.5 Å². The van der Waals surface area contributed by atoms with Crippen molar-refractivity contribution in [3.05, 3.63) is 58.7 Å². The molecule has 2 aromatic rings. The predicted octanol–water partition coefficient (Wildman–Crippen LogP) is 8.98. The number of para-hydroxylation sites is 2. The highest BCUT2D eigenvalue weighted by atomic mass is 32.2. The van der Waals surface area contributed by atoms with E-state index in [-0.39, 0.29) is 0 Å². The van der Waals surface area contributed by atoms with Crippen LogP contribution in [-0.4, -0.2) is 42.5 Å². The Kier molecular flexibility index (Phi) is 12.5. The lowest BCUT2D eigenvalue weighted by Crippen LogP contribution is -2.22. The van der Waals surface area contributed by atoms with Gasteiger partial charge in [-0.3, -0.25) is 0 Å². The summed E-state index contributed by atoms with van der Waals surface area (Å²) in [7, 11) is -6.09. The first-order valence-electron chi connectivity index (χ1n) is 14.8. The van der Waals surface area contributed by atoms with E-state index in [4.69, 9.17) is 13.0 Å². The molecule has 0 unspecified atom stereocenters. The molecule has 1 aliphatic heterocycles. The highest BCUT2D eigenvalue weighted by Crippen LogP contribution is 2.41. The van der Waals surface area contributed by atoms with Gasteiger partial charge in [0.05, 0.1) is 0 Å². The van der Waals surface area contributed by atoms with Crippen LogP contribution in [0.4, 0.5) is 24.5 Å². The summed E-state index contributed by atoms with van der Waals surface area (Å²) in [5, 5.41) is 0. The molecule has 0 spiro atoms. The second kappa shape index (κ2) is 14.7. The van der Waals surface area contributed by atoms with Crippen LogP contribution in [0.3, 0.4) is 0 Å². The smallest absolute Gasteiger partial charge is 0.485 e. The van der Waals surface area contributed by atoms with Crippen molar-refractivity contribution in [2.45, 2.75) is 110 Å². The van der Waals surface area contributed by atoms with E-state index in [0.717, 1.165) is 13.1 Å². The molecule has 2 aromatic carbocycles. The minimum absolute atomic E-state index is 0.512. The van der Waals surface area contributed by atoms with E-state index in [1.807, 2.05) is 0 Å². The van der Waals surface area contributed by atoms with Gasteiger partial charge in [0.25, 0.3) is 0 Å². The summed E-state index contributed by atoms with van der Waals surface area (Å²) in [6.07, 6.45) is 7.21. The fourth-order valence-electron chi connectivity index (χ4n) is 5.71. The van der Waals surface area contributed by atoms with Crippen molar-refractivity contribution < 1.29 is 30.7 Å². The number of hydrogen-bond acceptors (Lipinski definition) is 4. The summed E-state index contributed by atoms with van der Waals surface area (Å²) in [4.78, 5) is 2.55. The first-order valence-corrected chi connectivity index (χ1v) is 16.2. The lowest BCUT2D eigenvalue weighted by Gasteiger charge is -2.23. The number of hydrogen-bond donors (Lipinski definition) is 0. The fourth-order valence-corrected chi connectivity index (χ4v) is 5.71. The Hall–Kier alpha value is -2.39. The molecule has 1 heterocycles. The highest BCUT2D eigenvalue weighted by molar-refractivity contribution is 7.86. The van der Waals surface area contributed by atoms with E-state index in [9.17, 15) is 13.2 Å². The molecule has 0 aromatic heterocycles. The van der Waals surface area contributed by atoms with Crippen molar-refractivity contribution in [2.75, 3.05) is 18.0 Å². The van der Waals surface area contributed by atoms with Crippen molar-refractivity contribution >= 4 is 27.8 Å². The summed E-state index contributed by atoms with van der Waals surface area (Å²) in [6.45, 7) is 20.8. The first-order chi connectivity index (χ1) is 19.1. The summed E-state index contributed by atoms with van der Waals surface area (Å²) in [5.74, 6) is 2.26. The third kappa shape index (κ3) is 8.34. The second-order valence-corrected chi connectivity index (χ2v) is 12.7. The Bertz CT molecular complexity index is 1220. The van der Waals surface area contributed by atoms with Crippen LogP contribution in [-0.2, 0) is 10.1 Å². The molecule has 41 heavy (non-hydrogen) atoms. The van der Waals surface area contributed by atoms with E-state index < -0.39 is 15.6 Å². The molecular weight excluding hydrogens is 549 g/mol. The number of anilines is 1. The zero-order valence-corrected chi connectivity index (χ0v) is 26.6. The molecule has 0 amide bonds. The number of halogens is 3. The number of benzene rings is 2. The summed E-state index contributed by atoms with van der Waals surface area (Å²) >= 11 is 0. The van der Waals surface area contributed by atoms with Crippen molar-refractivity contribution in [1.82, 2.24) is 0 Å². The molecule has 0 N–H and O–H groups in total. The van der Waals surface area contributed by atoms with Crippen LogP contribution in [0.25, 0.3) is 0 Å². The van der Waals surface area contributed by atoms with Crippen LogP contribution in [0.15, 0.2) is 36.4 Å². The number of nitrogens with zero attached hydrogens (tertiary/aromatic N) is 2. The minimum atomic E-state index is -6.09. The van der Waals surface area contributed by atoms with Crippen LogP contribution >= 0.6 is 0 Å². The monoisotopic (exact) mass is 596 g/mol. The molecule has 0 aliphatic carbocycles. The molecule has 1 aliphatic rings. The van der Waals surface area contributed by atoms with Gasteiger partial charge in [-0.1, -0.05) is 91.8 Å². The lowest BCUT2D eigenvalue weighted by molar-refractivity contribution is -0.425. The van der Waals surface area contributed by atoms with E-state index >= 15 is 0 Å². The molecular formula is C32H47F3N2O3S. The maximum atomic E-state index is 10.7. The van der Waals surface area contributed by atoms with Gasteiger partial charge in [-0.25, -0.2) is 17.9 Å². The zero-order valence-electron chi connectivity index (χ0n) is 25.8. The molecule has 0 radical (unpaired) electrons. The van der Waals surface area contributed by atoms with Gasteiger partial charge in [0.1, 0.15) is 24.5 Å². The van der Waals surface area contributed by atoms with E-state index in [0.29, 0.717) is 23.7 Å². The molecule has 9 heteroatoms. The molecule has 0 fully saturated rings. The Morgan fingerprint density at radius 3 is 1.49 bits per heavy atom. The van der Waals surface area contributed by atoms with Crippen LogP contribution in [0.5, 0.6) is 0 Å². The Morgan fingerprint density at radius 1 is 0.805 bits per heavy atom. The van der Waals surface area contributed by atoms with Gasteiger partial charge >= 0.3 is 5.51 Å². The summed E-state index contributed by atoms with van der Waals surface area (Å²) in [6, 6.07) is 14.0. The molecule has 0 atom stereocenters. The van der Waals surface area contributed by atoms with E-state index in [1.165, 1.54) is 48.2 Å². The van der Waals surface area contributed by atoms with E-state index in [2.05, 4.69) is 108 Å². The quantitative estimate of drug-likeness (QED) is 0.156. The molecule has 0 bridgehead atoms. The van der Waals surface area contributed by atoms with Crippen LogP contribution < -0.4 is 4.90 Å². The van der Waals surface area contributed by atoms with Gasteiger partial charge in [0.2, 0.25) is 6.34 Å². The maximum Gasteiger partial charge on any atom is 0.485 e. The van der Waals surface area contributed by atoms with Crippen LogP contribution in [0.2, 0.25) is 0 Å². The average molecular weight is 597 g/mol. The van der Waals surface area contributed by atoms with Gasteiger partial charge in [0, 0.05) is 22.3 Å². The summed E-state index contributed by atoms with van der Waals surface area (Å²) in [5.41, 5.74) is 3.31. The summed E-state index contributed by atoms with van der Waals surface area (Å²) < 4.78 is 61.5. The largest absolute Gasteiger partial charge is 0.741 e. The fraction of sp³-hybridized carbons (Fsp3) is 0.594. The molecule has 230 valence electrons. The second-order valence-electron chi connectivity index (χ2n) is 11.3.